The molecular weight excluding hydrogens is 204 g/mol. The molecule has 1 saturated carbocycles. The summed E-state index contributed by atoms with van der Waals surface area (Å²) in [5, 5.41) is 0. The largest absolute Gasteiger partial charge is 0.325 e. The number of hydrogen-bond donors (Lipinski definition) is 2. The van der Waals surface area contributed by atoms with Crippen molar-refractivity contribution in [1.29, 1.82) is 0 Å². The van der Waals surface area contributed by atoms with Crippen LogP contribution in [0.5, 0.6) is 0 Å². The van der Waals surface area contributed by atoms with E-state index >= 15 is 0 Å². The standard InChI is InChI=1S/C12H24N2O2/c1-10(2)9-16-14-11(15)8-12(13)6-4-3-5-7-12/h10H,3-9,13H2,1-2H3,(H,14,15). The van der Waals surface area contributed by atoms with Gasteiger partial charge in [-0.3, -0.25) is 9.63 Å². The molecular formula is C12H24N2O2. The number of hydrogen-bond acceptors (Lipinski definition) is 3. The molecule has 0 aromatic carbocycles. The van der Waals surface area contributed by atoms with Crippen molar-refractivity contribution in [2.75, 3.05) is 6.61 Å². The van der Waals surface area contributed by atoms with Crippen molar-refractivity contribution < 1.29 is 9.63 Å². The van der Waals surface area contributed by atoms with Crippen molar-refractivity contribution in [2.45, 2.75) is 57.9 Å². The highest BCUT2D eigenvalue weighted by molar-refractivity contribution is 5.76. The molecule has 1 amide bonds. The molecule has 0 unspecified atom stereocenters. The van der Waals surface area contributed by atoms with E-state index in [-0.39, 0.29) is 11.4 Å². The molecule has 16 heavy (non-hydrogen) atoms. The maximum absolute atomic E-state index is 11.6. The van der Waals surface area contributed by atoms with Gasteiger partial charge in [-0.15, -0.1) is 0 Å². The van der Waals surface area contributed by atoms with Gasteiger partial charge in [0.25, 0.3) is 0 Å². The Morgan fingerprint density at radius 3 is 2.56 bits per heavy atom. The zero-order valence-electron chi connectivity index (χ0n) is 10.4. The third-order valence-electron chi connectivity index (χ3n) is 2.96. The summed E-state index contributed by atoms with van der Waals surface area (Å²) in [7, 11) is 0. The number of nitrogens with one attached hydrogen (secondary N) is 1. The van der Waals surface area contributed by atoms with Crippen molar-refractivity contribution >= 4 is 5.91 Å². The number of amides is 1. The Labute approximate surface area is 97.9 Å². The molecule has 0 heterocycles. The number of nitrogens with two attached hydrogens (primary N) is 1. The minimum atomic E-state index is -0.302. The maximum atomic E-state index is 11.6. The lowest BCUT2D eigenvalue weighted by Gasteiger charge is -2.32. The maximum Gasteiger partial charge on any atom is 0.245 e. The average molecular weight is 228 g/mol. The highest BCUT2D eigenvalue weighted by atomic mass is 16.6. The summed E-state index contributed by atoms with van der Waals surface area (Å²) in [5.41, 5.74) is 8.34. The van der Waals surface area contributed by atoms with Gasteiger partial charge >= 0.3 is 0 Å². The molecule has 0 aromatic rings. The van der Waals surface area contributed by atoms with Gasteiger partial charge in [0.2, 0.25) is 5.91 Å². The van der Waals surface area contributed by atoms with Gasteiger partial charge in [0, 0.05) is 12.0 Å². The van der Waals surface area contributed by atoms with Crippen LogP contribution in [0.2, 0.25) is 0 Å². The molecule has 0 atom stereocenters. The van der Waals surface area contributed by atoms with Crippen LogP contribution in [-0.4, -0.2) is 18.1 Å². The van der Waals surface area contributed by atoms with Gasteiger partial charge in [-0.05, 0) is 18.8 Å². The van der Waals surface area contributed by atoms with Crippen molar-refractivity contribution in [1.82, 2.24) is 5.48 Å². The monoisotopic (exact) mass is 228 g/mol. The predicted octanol–water partition coefficient (Wildman–Crippen LogP) is 1.74. The van der Waals surface area contributed by atoms with E-state index in [0.717, 1.165) is 25.7 Å². The van der Waals surface area contributed by atoms with Gasteiger partial charge in [0.15, 0.2) is 0 Å². The van der Waals surface area contributed by atoms with Crippen LogP contribution >= 0.6 is 0 Å². The van der Waals surface area contributed by atoms with Crippen LogP contribution in [0, 0.1) is 5.92 Å². The van der Waals surface area contributed by atoms with Crippen LogP contribution in [0.4, 0.5) is 0 Å². The fourth-order valence-electron chi connectivity index (χ4n) is 2.08. The van der Waals surface area contributed by atoms with Gasteiger partial charge in [0.1, 0.15) is 0 Å². The summed E-state index contributed by atoms with van der Waals surface area (Å²) in [6.07, 6.45) is 5.79. The van der Waals surface area contributed by atoms with Gasteiger partial charge in [-0.25, -0.2) is 5.48 Å². The predicted molar refractivity (Wildman–Crippen MR) is 63.6 cm³/mol. The zero-order valence-corrected chi connectivity index (χ0v) is 10.4. The number of hydroxylamine groups is 1. The highest BCUT2D eigenvalue weighted by Gasteiger charge is 2.29. The van der Waals surface area contributed by atoms with Crippen molar-refractivity contribution in [2.24, 2.45) is 11.7 Å². The summed E-state index contributed by atoms with van der Waals surface area (Å²) in [5.74, 6) is 0.326. The molecule has 0 saturated heterocycles. The Balaban J connectivity index is 2.22. The molecule has 0 aliphatic heterocycles. The van der Waals surface area contributed by atoms with E-state index in [1.165, 1.54) is 6.42 Å². The second-order valence-corrected chi connectivity index (χ2v) is 5.33. The molecule has 94 valence electrons. The topological polar surface area (TPSA) is 64.3 Å². The molecule has 0 spiro atoms. The second kappa shape index (κ2) is 6.21. The molecule has 0 aromatic heterocycles. The Hall–Kier alpha value is -0.610. The Kier molecular flexibility index (Phi) is 5.22. The molecule has 0 bridgehead atoms. The number of carbonyl (C=O) groups is 1. The smallest absolute Gasteiger partial charge is 0.245 e. The Morgan fingerprint density at radius 2 is 2.00 bits per heavy atom. The minimum absolute atomic E-state index is 0.0925. The third-order valence-corrected chi connectivity index (χ3v) is 2.96. The minimum Gasteiger partial charge on any atom is -0.325 e. The summed E-state index contributed by atoms with van der Waals surface area (Å²) >= 11 is 0. The first-order valence-corrected chi connectivity index (χ1v) is 6.21. The zero-order chi connectivity index (χ0) is 12.0. The van der Waals surface area contributed by atoms with E-state index < -0.39 is 0 Å². The molecule has 1 rings (SSSR count). The molecule has 4 heteroatoms. The summed E-state index contributed by atoms with van der Waals surface area (Å²) in [6, 6.07) is 0. The van der Waals surface area contributed by atoms with Crippen LogP contribution in [0.25, 0.3) is 0 Å². The normalized spacial score (nSPS) is 19.8. The SMILES string of the molecule is CC(C)CONC(=O)CC1(N)CCCCC1. The average Bonchev–Trinajstić information content (AvgIpc) is 2.17. The quantitative estimate of drug-likeness (QED) is 0.704. The highest BCUT2D eigenvalue weighted by Crippen LogP contribution is 2.28. The van der Waals surface area contributed by atoms with Crippen molar-refractivity contribution in [3.63, 3.8) is 0 Å². The fourth-order valence-corrected chi connectivity index (χ4v) is 2.08. The molecule has 0 radical (unpaired) electrons. The molecule has 3 N–H and O–H groups in total. The van der Waals surface area contributed by atoms with E-state index in [4.69, 9.17) is 10.6 Å². The molecule has 1 aliphatic rings. The van der Waals surface area contributed by atoms with Crippen LogP contribution in [0.1, 0.15) is 52.4 Å². The summed E-state index contributed by atoms with van der Waals surface area (Å²) in [6.45, 7) is 4.62. The first-order valence-electron chi connectivity index (χ1n) is 6.21. The van der Waals surface area contributed by atoms with Crippen LogP contribution in [-0.2, 0) is 9.63 Å². The van der Waals surface area contributed by atoms with Crippen LogP contribution < -0.4 is 11.2 Å². The lowest BCUT2D eigenvalue weighted by Crippen LogP contribution is -2.46. The van der Waals surface area contributed by atoms with Crippen molar-refractivity contribution in [3.8, 4) is 0 Å². The third kappa shape index (κ3) is 4.94. The lowest BCUT2D eigenvalue weighted by atomic mass is 9.80. The van der Waals surface area contributed by atoms with E-state index in [1.54, 1.807) is 0 Å². The summed E-state index contributed by atoms with van der Waals surface area (Å²) in [4.78, 5) is 16.7. The lowest BCUT2D eigenvalue weighted by molar-refractivity contribution is -0.135. The van der Waals surface area contributed by atoms with E-state index in [9.17, 15) is 4.79 Å². The van der Waals surface area contributed by atoms with Gasteiger partial charge in [0.05, 0.1) is 6.61 Å². The van der Waals surface area contributed by atoms with Crippen molar-refractivity contribution in [3.05, 3.63) is 0 Å². The fraction of sp³-hybridized carbons (Fsp3) is 0.917. The van der Waals surface area contributed by atoms with Gasteiger partial charge in [-0.2, -0.15) is 0 Å². The van der Waals surface area contributed by atoms with E-state index in [0.29, 0.717) is 18.9 Å². The van der Waals surface area contributed by atoms with Crippen LogP contribution in [0.15, 0.2) is 0 Å². The number of carbonyl (C=O) groups excluding carboxylic acids is 1. The Bertz CT molecular complexity index is 223. The Morgan fingerprint density at radius 1 is 1.38 bits per heavy atom. The van der Waals surface area contributed by atoms with E-state index in [1.807, 2.05) is 13.8 Å². The molecule has 1 fully saturated rings. The first-order chi connectivity index (χ1) is 7.52. The van der Waals surface area contributed by atoms with Crippen LogP contribution in [0.3, 0.4) is 0 Å². The van der Waals surface area contributed by atoms with E-state index in [2.05, 4.69) is 5.48 Å². The van der Waals surface area contributed by atoms with Gasteiger partial charge in [-0.1, -0.05) is 33.1 Å². The summed E-state index contributed by atoms with van der Waals surface area (Å²) < 4.78 is 0. The van der Waals surface area contributed by atoms with Gasteiger partial charge < -0.3 is 5.73 Å². The second-order valence-electron chi connectivity index (χ2n) is 5.33. The molecule has 4 nitrogen and oxygen atoms in total. The number of rotatable bonds is 5. The molecule has 1 aliphatic carbocycles. The first kappa shape index (κ1) is 13.5.